The molecule has 0 aromatic heterocycles. The summed E-state index contributed by atoms with van der Waals surface area (Å²) in [4.78, 5) is 0. The molecule has 0 atom stereocenters. The highest BCUT2D eigenvalue weighted by Crippen LogP contribution is 2.17. The summed E-state index contributed by atoms with van der Waals surface area (Å²) in [6, 6.07) is 4.85. The zero-order chi connectivity index (χ0) is 11.8. The van der Waals surface area contributed by atoms with E-state index in [1.54, 1.807) is 12.1 Å². The van der Waals surface area contributed by atoms with Crippen molar-refractivity contribution in [3.05, 3.63) is 34.6 Å². The maximum absolute atomic E-state index is 13.4. The monoisotopic (exact) mass is 244 g/mol. The molecule has 0 aliphatic rings. The molecular formula is C13H20ClFN+. The zero-order valence-corrected chi connectivity index (χ0v) is 10.6. The lowest BCUT2D eigenvalue weighted by Crippen LogP contribution is -2.82. The molecule has 0 bridgehead atoms. The van der Waals surface area contributed by atoms with E-state index in [0.717, 1.165) is 6.54 Å². The van der Waals surface area contributed by atoms with Gasteiger partial charge in [0, 0.05) is 0 Å². The van der Waals surface area contributed by atoms with Crippen molar-refractivity contribution in [1.29, 1.82) is 0 Å². The number of hydrogen-bond acceptors (Lipinski definition) is 0. The maximum Gasteiger partial charge on any atom is 0.133 e. The Labute approximate surface area is 102 Å². The van der Waals surface area contributed by atoms with Gasteiger partial charge in [-0.1, -0.05) is 37.4 Å². The summed E-state index contributed by atoms with van der Waals surface area (Å²) in [5.74, 6) is -0.197. The van der Waals surface area contributed by atoms with Crippen LogP contribution in [-0.2, 0) is 6.54 Å². The van der Waals surface area contributed by atoms with Crippen LogP contribution < -0.4 is 5.32 Å². The summed E-state index contributed by atoms with van der Waals surface area (Å²) in [5, 5.41) is 2.66. The van der Waals surface area contributed by atoms with E-state index in [1.807, 2.05) is 0 Å². The van der Waals surface area contributed by atoms with Gasteiger partial charge in [-0.3, -0.25) is 0 Å². The molecule has 3 heteroatoms. The van der Waals surface area contributed by atoms with Crippen LogP contribution in [0.5, 0.6) is 0 Å². The summed E-state index contributed by atoms with van der Waals surface area (Å²) in [6.45, 7) is 3.88. The lowest BCUT2D eigenvalue weighted by molar-refractivity contribution is -0.671. The summed E-state index contributed by atoms with van der Waals surface area (Å²) in [6.07, 6.45) is 4.99. The molecular weight excluding hydrogens is 225 g/mol. The van der Waals surface area contributed by atoms with Crippen LogP contribution in [0.4, 0.5) is 4.39 Å². The number of quaternary nitrogens is 1. The summed E-state index contributed by atoms with van der Waals surface area (Å²) in [5.41, 5.74) is 0.625. The van der Waals surface area contributed by atoms with Crippen molar-refractivity contribution < 1.29 is 9.71 Å². The third-order valence-electron chi connectivity index (χ3n) is 2.67. The SMILES string of the molecule is CCCCCC[NH2+]Cc1c(F)cccc1Cl. The second kappa shape index (κ2) is 7.64. The third kappa shape index (κ3) is 4.50. The molecule has 0 amide bonds. The number of benzene rings is 1. The van der Waals surface area contributed by atoms with E-state index < -0.39 is 0 Å². The molecule has 0 aliphatic heterocycles. The third-order valence-corrected chi connectivity index (χ3v) is 3.03. The van der Waals surface area contributed by atoms with Crippen molar-refractivity contribution in [2.45, 2.75) is 39.2 Å². The Kier molecular flexibility index (Phi) is 6.43. The van der Waals surface area contributed by atoms with Crippen molar-refractivity contribution in [3.8, 4) is 0 Å². The Hall–Kier alpha value is -0.600. The van der Waals surface area contributed by atoms with E-state index in [9.17, 15) is 4.39 Å². The summed E-state index contributed by atoms with van der Waals surface area (Å²) < 4.78 is 13.4. The van der Waals surface area contributed by atoms with Gasteiger partial charge < -0.3 is 5.32 Å². The van der Waals surface area contributed by atoms with Crippen LogP contribution in [-0.4, -0.2) is 6.54 Å². The molecule has 0 unspecified atom stereocenters. The highest BCUT2D eigenvalue weighted by molar-refractivity contribution is 6.31. The topological polar surface area (TPSA) is 16.6 Å². The first-order valence-corrected chi connectivity index (χ1v) is 6.38. The smallest absolute Gasteiger partial charge is 0.133 e. The first-order valence-electron chi connectivity index (χ1n) is 6.00. The van der Waals surface area contributed by atoms with Gasteiger partial charge in [0.2, 0.25) is 0 Å². The van der Waals surface area contributed by atoms with Gasteiger partial charge in [0.05, 0.1) is 17.1 Å². The first kappa shape index (κ1) is 13.5. The number of unbranched alkanes of at least 4 members (excludes halogenated alkanes) is 3. The second-order valence-electron chi connectivity index (χ2n) is 4.04. The molecule has 0 saturated heterocycles. The molecule has 1 rings (SSSR count). The fraction of sp³-hybridized carbons (Fsp3) is 0.538. The molecule has 1 nitrogen and oxygen atoms in total. The number of halogens is 2. The molecule has 0 aliphatic carbocycles. The minimum Gasteiger partial charge on any atom is -0.342 e. The van der Waals surface area contributed by atoms with E-state index in [0.29, 0.717) is 17.1 Å². The van der Waals surface area contributed by atoms with Gasteiger partial charge in [-0.15, -0.1) is 0 Å². The Morgan fingerprint density at radius 2 is 2.06 bits per heavy atom. The van der Waals surface area contributed by atoms with Crippen LogP contribution in [0, 0.1) is 5.82 Å². The van der Waals surface area contributed by atoms with E-state index in [1.165, 1.54) is 31.7 Å². The van der Waals surface area contributed by atoms with E-state index in [2.05, 4.69) is 12.2 Å². The second-order valence-corrected chi connectivity index (χ2v) is 4.45. The molecule has 0 saturated carbocycles. The fourth-order valence-corrected chi connectivity index (χ4v) is 1.93. The number of rotatable bonds is 7. The van der Waals surface area contributed by atoms with Gasteiger partial charge in [-0.25, -0.2) is 4.39 Å². The average molecular weight is 245 g/mol. The van der Waals surface area contributed by atoms with Crippen molar-refractivity contribution in [2.75, 3.05) is 6.54 Å². The maximum atomic E-state index is 13.4. The molecule has 2 N–H and O–H groups in total. The molecule has 0 radical (unpaired) electrons. The Balaban J connectivity index is 2.26. The standard InChI is InChI=1S/C13H19ClFN/c1-2-3-4-5-9-16-10-11-12(14)7-6-8-13(11)15/h6-8,16H,2-5,9-10H2,1H3/p+1. The van der Waals surface area contributed by atoms with Crippen molar-refractivity contribution in [2.24, 2.45) is 0 Å². The molecule has 90 valence electrons. The minimum absolute atomic E-state index is 0.197. The Morgan fingerprint density at radius 3 is 2.75 bits per heavy atom. The van der Waals surface area contributed by atoms with Gasteiger partial charge in [0.25, 0.3) is 0 Å². The van der Waals surface area contributed by atoms with Crippen molar-refractivity contribution in [1.82, 2.24) is 0 Å². The van der Waals surface area contributed by atoms with Crippen molar-refractivity contribution >= 4 is 11.6 Å². The van der Waals surface area contributed by atoms with Crippen molar-refractivity contribution in [3.63, 3.8) is 0 Å². The largest absolute Gasteiger partial charge is 0.342 e. The van der Waals surface area contributed by atoms with Crippen LogP contribution in [0.3, 0.4) is 0 Å². The minimum atomic E-state index is -0.197. The molecule has 0 spiro atoms. The highest BCUT2D eigenvalue weighted by Gasteiger charge is 2.07. The van der Waals surface area contributed by atoms with Gasteiger partial charge in [-0.05, 0) is 25.0 Å². The molecule has 0 heterocycles. The highest BCUT2D eigenvalue weighted by atomic mass is 35.5. The number of hydrogen-bond donors (Lipinski definition) is 1. The Morgan fingerprint density at radius 1 is 1.25 bits per heavy atom. The van der Waals surface area contributed by atoms with Crippen LogP contribution in [0.15, 0.2) is 18.2 Å². The zero-order valence-electron chi connectivity index (χ0n) is 9.81. The van der Waals surface area contributed by atoms with Crippen LogP contribution >= 0.6 is 11.6 Å². The number of nitrogens with two attached hydrogens (primary N) is 1. The average Bonchev–Trinajstić information content (AvgIpc) is 2.26. The molecule has 1 aromatic rings. The fourth-order valence-electron chi connectivity index (χ4n) is 1.69. The normalized spacial score (nSPS) is 10.7. The lowest BCUT2D eigenvalue weighted by atomic mass is 10.2. The first-order chi connectivity index (χ1) is 7.75. The molecule has 0 fully saturated rings. The predicted molar refractivity (Wildman–Crippen MR) is 66.0 cm³/mol. The van der Waals surface area contributed by atoms with Crippen LogP contribution in [0.2, 0.25) is 5.02 Å². The molecule has 16 heavy (non-hydrogen) atoms. The van der Waals surface area contributed by atoms with E-state index in [4.69, 9.17) is 11.6 Å². The summed E-state index contributed by atoms with van der Waals surface area (Å²) >= 11 is 5.93. The lowest BCUT2D eigenvalue weighted by Gasteiger charge is -2.05. The predicted octanol–water partition coefficient (Wildman–Crippen LogP) is 3.12. The van der Waals surface area contributed by atoms with E-state index in [-0.39, 0.29) is 5.82 Å². The van der Waals surface area contributed by atoms with E-state index >= 15 is 0 Å². The van der Waals surface area contributed by atoms with Gasteiger partial charge in [-0.2, -0.15) is 0 Å². The van der Waals surface area contributed by atoms with Crippen LogP contribution in [0.25, 0.3) is 0 Å². The van der Waals surface area contributed by atoms with Crippen LogP contribution in [0.1, 0.15) is 38.2 Å². The van der Waals surface area contributed by atoms with Gasteiger partial charge in [0.15, 0.2) is 0 Å². The Bertz CT molecular complexity index is 295. The quantitative estimate of drug-likeness (QED) is 0.710. The van der Waals surface area contributed by atoms with Gasteiger partial charge >= 0.3 is 0 Å². The van der Waals surface area contributed by atoms with Gasteiger partial charge in [0.1, 0.15) is 12.4 Å². The molecule has 1 aromatic carbocycles. The summed E-state index contributed by atoms with van der Waals surface area (Å²) in [7, 11) is 0.